The maximum atomic E-state index is 12.6. The van der Waals surface area contributed by atoms with Crippen molar-refractivity contribution in [2.45, 2.75) is 6.54 Å². The Bertz CT molecular complexity index is 1260. The minimum atomic E-state index is -0.500. The molecule has 2 aromatic heterocycles. The first-order valence-electron chi connectivity index (χ1n) is 8.57. The van der Waals surface area contributed by atoms with Crippen molar-refractivity contribution in [2.75, 3.05) is 18.8 Å². The Labute approximate surface area is 171 Å². The van der Waals surface area contributed by atoms with Crippen LogP contribution in [0.4, 0.5) is 5.95 Å². The molecule has 4 rings (SSSR count). The number of hydrogen-bond acceptors (Lipinski definition) is 8. The molecule has 12 heteroatoms. The monoisotopic (exact) mass is 464 g/mol. The molecule has 3 heterocycles. The molecule has 1 aliphatic rings. The third-order valence-electron chi connectivity index (χ3n) is 4.53. The Kier molecular flexibility index (Phi) is 4.88. The Morgan fingerprint density at radius 1 is 1.28 bits per heavy atom. The Morgan fingerprint density at radius 2 is 2.00 bits per heavy atom. The third kappa shape index (κ3) is 3.19. The lowest BCUT2D eigenvalue weighted by Gasteiger charge is -2.07. The fourth-order valence-corrected chi connectivity index (χ4v) is 3.47. The van der Waals surface area contributed by atoms with E-state index in [0.29, 0.717) is 11.5 Å². The fourth-order valence-electron chi connectivity index (χ4n) is 3.04. The molecule has 0 spiro atoms. The second-order valence-electron chi connectivity index (χ2n) is 6.29. The Hall–Kier alpha value is -3.12. The topological polar surface area (TPSA) is 125 Å². The van der Waals surface area contributed by atoms with Crippen molar-refractivity contribution in [3.63, 3.8) is 0 Å². The van der Waals surface area contributed by atoms with Gasteiger partial charge in [0.1, 0.15) is 0 Å². The quantitative estimate of drug-likeness (QED) is 0.412. The first-order chi connectivity index (χ1) is 13.9. The number of aliphatic hydroxyl groups excluding tert-OH is 1. The maximum absolute atomic E-state index is 12.6. The van der Waals surface area contributed by atoms with Gasteiger partial charge in [-0.1, -0.05) is 0 Å². The molecule has 0 saturated heterocycles. The molecule has 0 aliphatic carbocycles. The van der Waals surface area contributed by atoms with E-state index >= 15 is 0 Å². The zero-order valence-corrected chi connectivity index (χ0v) is 17.1. The van der Waals surface area contributed by atoms with Crippen molar-refractivity contribution >= 4 is 39.3 Å². The van der Waals surface area contributed by atoms with Gasteiger partial charge < -0.3 is 19.1 Å². The number of anilines is 1. The summed E-state index contributed by atoms with van der Waals surface area (Å²) in [4.78, 5) is 29.1. The van der Waals surface area contributed by atoms with Crippen LogP contribution in [-0.4, -0.2) is 43.4 Å². The SMILES string of the molecule is Cn1c(=O)c2c(nc(N/N=C\c3cc4c(cc3Br)OCO4)n2CCO)n(C)c1=O. The standard InChI is InChI=1S/C17H17BrN6O5/c1-22-14-13(15(26)23(2)17(22)27)24(3-4-25)16(20-14)21-19-7-9-5-11-12(6-10(9)18)29-8-28-11/h5-7,25H,3-4,8H2,1-2H3,(H,20,21)/b19-7-. The van der Waals surface area contributed by atoms with Crippen molar-refractivity contribution < 1.29 is 14.6 Å². The van der Waals surface area contributed by atoms with Crippen molar-refractivity contribution in [1.82, 2.24) is 18.7 Å². The first-order valence-corrected chi connectivity index (χ1v) is 9.37. The van der Waals surface area contributed by atoms with Crippen LogP contribution in [0.15, 0.2) is 31.3 Å². The van der Waals surface area contributed by atoms with E-state index in [1.807, 2.05) is 0 Å². The van der Waals surface area contributed by atoms with E-state index in [9.17, 15) is 14.7 Å². The van der Waals surface area contributed by atoms with Crippen LogP contribution in [0.25, 0.3) is 11.2 Å². The van der Waals surface area contributed by atoms with Crippen LogP contribution in [0.1, 0.15) is 5.56 Å². The van der Waals surface area contributed by atoms with Gasteiger partial charge in [0.25, 0.3) is 5.56 Å². The number of hydrazone groups is 1. The van der Waals surface area contributed by atoms with E-state index in [4.69, 9.17) is 9.47 Å². The van der Waals surface area contributed by atoms with Gasteiger partial charge in [-0.25, -0.2) is 10.2 Å². The van der Waals surface area contributed by atoms with Crippen molar-refractivity contribution in [3.05, 3.63) is 43.0 Å². The van der Waals surface area contributed by atoms with E-state index < -0.39 is 11.2 Å². The molecule has 3 aromatic rings. The fraction of sp³-hybridized carbons (Fsp3) is 0.294. The molecular formula is C17H17BrN6O5. The molecule has 0 bridgehead atoms. The molecule has 11 nitrogen and oxygen atoms in total. The zero-order chi connectivity index (χ0) is 20.7. The number of halogens is 1. The largest absolute Gasteiger partial charge is 0.454 e. The van der Waals surface area contributed by atoms with E-state index in [2.05, 4.69) is 31.4 Å². The van der Waals surface area contributed by atoms with Gasteiger partial charge in [-0.15, -0.1) is 0 Å². The molecule has 0 radical (unpaired) electrons. The normalized spacial score (nSPS) is 13.0. The minimum absolute atomic E-state index is 0.107. The summed E-state index contributed by atoms with van der Waals surface area (Å²) in [5, 5.41) is 13.6. The van der Waals surface area contributed by atoms with Crippen LogP contribution in [0.3, 0.4) is 0 Å². The number of rotatable bonds is 5. The van der Waals surface area contributed by atoms with Gasteiger partial charge in [0.05, 0.1) is 12.8 Å². The number of fused-ring (bicyclic) bond motifs is 2. The number of nitrogens with one attached hydrogen (secondary N) is 1. The summed E-state index contributed by atoms with van der Waals surface area (Å²) in [6.45, 7) is 0.0541. The number of aryl methyl sites for hydroxylation is 1. The lowest BCUT2D eigenvalue weighted by atomic mass is 10.2. The van der Waals surface area contributed by atoms with Gasteiger partial charge in [-0.05, 0) is 28.1 Å². The molecule has 152 valence electrons. The second-order valence-corrected chi connectivity index (χ2v) is 7.14. The van der Waals surface area contributed by atoms with E-state index in [-0.39, 0.29) is 37.1 Å². The number of hydrogen-bond donors (Lipinski definition) is 2. The van der Waals surface area contributed by atoms with Crippen LogP contribution in [0.2, 0.25) is 0 Å². The number of benzene rings is 1. The van der Waals surface area contributed by atoms with E-state index in [1.165, 1.54) is 23.2 Å². The maximum Gasteiger partial charge on any atom is 0.332 e. The molecule has 0 fully saturated rings. The van der Waals surface area contributed by atoms with Crippen LogP contribution in [-0.2, 0) is 20.6 Å². The average molecular weight is 465 g/mol. The second kappa shape index (κ2) is 7.37. The van der Waals surface area contributed by atoms with Gasteiger partial charge in [0.15, 0.2) is 22.7 Å². The lowest BCUT2D eigenvalue weighted by molar-refractivity contribution is 0.174. The molecule has 2 N–H and O–H groups in total. The van der Waals surface area contributed by atoms with E-state index in [0.717, 1.165) is 14.6 Å². The number of ether oxygens (including phenoxy) is 2. The summed E-state index contributed by atoms with van der Waals surface area (Å²) in [5.74, 6) is 1.48. The van der Waals surface area contributed by atoms with Gasteiger partial charge >= 0.3 is 5.69 Å². The highest BCUT2D eigenvalue weighted by molar-refractivity contribution is 9.10. The molecular weight excluding hydrogens is 448 g/mol. The highest BCUT2D eigenvalue weighted by Crippen LogP contribution is 2.36. The molecule has 1 aliphatic heterocycles. The Morgan fingerprint density at radius 3 is 2.72 bits per heavy atom. The number of aromatic nitrogens is 4. The first kappa shape index (κ1) is 19.2. The lowest BCUT2D eigenvalue weighted by Crippen LogP contribution is -2.37. The highest BCUT2D eigenvalue weighted by Gasteiger charge is 2.19. The van der Waals surface area contributed by atoms with Crippen LogP contribution in [0.5, 0.6) is 11.5 Å². The van der Waals surface area contributed by atoms with Crippen LogP contribution in [0, 0.1) is 0 Å². The van der Waals surface area contributed by atoms with Crippen molar-refractivity contribution in [3.8, 4) is 11.5 Å². The summed E-state index contributed by atoms with van der Waals surface area (Å²) < 4.78 is 15.2. The molecule has 29 heavy (non-hydrogen) atoms. The average Bonchev–Trinajstić information content (AvgIpc) is 3.29. The number of imidazole rings is 1. The summed E-state index contributed by atoms with van der Waals surface area (Å²) in [6.07, 6.45) is 1.55. The van der Waals surface area contributed by atoms with Crippen molar-refractivity contribution in [1.29, 1.82) is 0 Å². The third-order valence-corrected chi connectivity index (χ3v) is 5.22. The smallest absolute Gasteiger partial charge is 0.332 e. The molecule has 0 amide bonds. The summed E-state index contributed by atoms with van der Waals surface area (Å²) in [7, 11) is 2.92. The summed E-state index contributed by atoms with van der Waals surface area (Å²) >= 11 is 3.45. The van der Waals surface area contributed by atoms with Crippen LogP contribution >= 0.6 is 15.9 Å². The summed E-state index contributed by atoms with van der Waals surface area (Å²) in [5.41, 5.74) is 2.92. The molecule has 0 saturated carbocycles. The van der Waals surface area contributed by atoms with Gasteiger partial charge in [0, 0.05) is 30.7 Å². The highest BCUT2D eigenvalue weighted by atomic mass is 79.9. The number of aliphatic hydroxyl groups is 1. The predicted molar refractivity (Wildman–Crippen MR) is 109 cm³/mol. The molecule has 0 unspecified atom stereocenters. The molecule has 1 aromatic carbocycles. The van der Waals surface area contributed by atoms with Gasteiger partial charge in [0.2, 0.25) is 12.7 Å². The summed E-state index contributed by atoms with van der Waals surface area (Å²) in [6, 6.07) is 3.55. The molecule has 0 atom stereocenters. The van der Waals surface area contributed by atoms with Crippen molar-refractivity contribution in [2.24, 2.45) is 19.2 Å². The zero-order valence-electron chi connectivity index (χ0n) is 15.5. The predicted octanol–water partition coefficient (Wildman–Crippen LogP) is 0.363. The minimum Gasteiger partial charge on any atom is -0.454 e. The van der Waals surface area contributed by atoms with E-state index in [1.54, 1.807) is 18.3 Å². The Balaban J connectivity index is 1.73. The number of nitrogens with zero attached hydrogens (tertiary/aromatic N) is 5. The van der Waals surface area contributed by atoms with Gasteiger partial charge in [-0.2, -0.15) is 10.1 Å². The van der Waals surface area contributed by atoms with Gasteiger partial charge in [-0.3, -0.25) is 13.9 Å². The van der Waals surface area contributed by atoms with Crippen LogP contribution < -0.4 is 26.1 Å².